The second kappa shape index (κ2) is 3.14. The lowest BCUT2D eigenvalue weighted by Gasteiger charge is -1.99. The average molecular weight is 192 g/mol. The molecule has 0 spiro atoms. The van der Waals surface area contributed by atoms with E-state index in [1.54, 1.807) is 18.6 Å². The maximum Gasteiger partial charge on any atom is 0.252 e. The summed E-state index contributed by atoms with van der Waals surface area (Å²) >= 11 is 1.49. The standard InChI is InChI=1S/C9H8N2OS/c1-10-9(12)6-3-2-4-7-8(6)13-5-11-7/h2-5H,1H3,(H,10,12). The summed E-state index contributed by atoms with van der Waals surface area (Å²) in [7, 11) is 1.63. The zero-order chi connectivity index (χ0) is 9.26. The van der Waals surface area contributed by atoms with E-state index >= 15 is 0 Å². The van der Waals surface area contributed by atoms with E-state index in [0.717, 1.165) is 10.2 Å². The fourth-order valence-corrected chi connectivity index (χ4v) is 2.00. The van der Waals surface area contributed by atoms with Gasteiger partial charge in [-0.15, -0.1) is 11.3 Å². The fraction of sp³-hybridized carbons (Fsp3) is 0.111. The molecule has 1 aromatic heterocycles. The van der Waals surface area contributed by atoms with Gasteiger partial charge in [-0.2, -0.15) is 0 Å². The molecule has 1 heterocycles. The van der Waals surface area contributed by atoms with Crippen LogP contribution in [-0.2, 0) is 0 Å². The van der Waals surface area contributed by atoms with Crippen LogP contribution >= 0.6 is 11.3 Å². The molecule has 0 aliphatic carbocycles. The molecule has 4 heteroatoms. The van der Waals surface area contributed by atoms with Crippen LogP contribution in [0.15, 0.2) is 23.7 Å². The molecular formula is C9H8N2OS. The summed E-state index contributed by atoms with van der Waals surface area (Å²) in [6.07, 6.45) is 0. The van der Waals surface area contributed by atoms with Crippen LogP contribution < -0.4 is 5.32 Å². The van der Waals surface area contributed by atoms with Crippen molar-refractivity contribution >= 4 is 27.5 Å². The fourth-order valence-electron chi connectivity index (χ4n) is 1.20. The van der Waals surface area contributed by atoms with Crippen molar-refractivity contribution in [1.82, 2.24) is 10.3 Å². The first kappa shape index (κ1) is 8.19. The Morgan fingerprint density at radius 1 is 1.54 bits per heavy atom. The Labute approximate surface area is 79.4 Å². The van der Waals surface area contributed by atoms with Crippen molar-refractivity contribution in [3.63, 3.8) is 0 Å². The summed E-state index contributed by atoms with van der Waals surface area (Å²) < 4.78 is 0.946. The molecule has 0 atom stereocenters. The van der Waals surface area contributed by atoms with Crippen molar-refractivity contribution in [2.75, 3.05) is 7.05 Å². The first-order valence-electron chi connectivity index (χ1n) is 3.87. The smallest absolute Gasteiger partial charge is 0.252 e. The number of benzene rings is 1. The Balaban J connectivity index is 2.67. The highest BCUT2D eigenvalue weighted by atomic mass is 32.1. The second-order valence-electron chi connectivity index (χ2n) is 2.59. The van der Waals surface area contributed by atoms with E-state index in [0.29, 0.717) is 5.56 Å². The monoisotopic (exact) mass is 192 g/mol. The summed E-state index contributed by atoms with van der Waals surface area (Å²) in [5.41, 5.74) is 3.32. The minimum Gasteiger partial charge on any atom is -0.355 e. The van der Waals surface area contributed by atoms with E-state index in [9.17, 15) is 4.79 Å². The lowest BCUT2D eigenvalue weighted by atomic mass is 10.2. The predicted octanol–water partition coefficient (Wildman–Crippen LogP) is 1.66. The number of thiazole rings is 1. The average Bonchev–Trinajstić information content (AvgIpc) is 2.63. The van der Waals surface area contributed by atoms with Gasteiger partial charge >= 0.3 is 0 Å². The summed E-state index contributed by atoms with van der Waals surface area (Å²) in [6.45, 7) is 0. The molecule has 3 nitrogen and oxygen atoms in total. The second-order valence-corrected chi connectivity index (χ2v) is 3.44. The Morgan fingerprint density at radius 2 is 2.38 bits per heavy atom. The molecule has 0 radical (unpaired) electrons. The zero-order valence-electron chi connectivity index (χ0n) is 7.07. The van der Waals surface area contributed by atoms with Gasteiger partial charge in [0.1, 0.15) is 0 Å². The number of hydrogen-bond acceptors (Lipinski definition) is 3. The Bertz CT molecular complexity index is 450. The van der Waals surface area contributed by atoms with Crippen molar-refractivity contribution in [3.05, 3.63) is 29.3 Å². The first-order chi connectivity index (χ1) is 6.33. The SMILES string of the molecule is CNC(=O)c1cccc2ncsc12. The van der Waals surface area contributed by atoms with Crippen LogP contribution in [0.5, 0.6) is 0 Å². The van der Waals surface area contributed by atoms with Crippen molar-refractivity contribution in [2.45, 2.75) is 0 Å². The number of carbonyl (C=O) groups excluding carboxylic acids is 1. The van der Waals surface area contributed by atoms with Crippen LogP contribution in [0.2, 0.25) is 0 Å². The number of nitrogens with one attached hydrogen (secondary N) is 1. The largest absolute Gasteiger partial charge is 0.355 e. The summed E-state index contributed by atoms with van der Waals surface area (Å²) in [4.78, 5) is 15.5. The van der Waals surface area contributed by atoms with Gasteiger partial charge in [0, 0.05) is 7.05 Å². The molecule has 0 saturated heterocycles. The number of hydrogen-bond donors (Lipinski definition) is 1. The van der Waals surface area contributed by atoms with Crippen LogP contribution in [0.1, 0.15) is 10.4 Å². The number of nitrogens with zero attached hydrogens (tertiary/aromatic N) is 1. The molecule has 2 rings (SSSR count). The van der Waals surface area contributed by atoms with Crippen LogP contribution in [0, 0.1) is 0 Å². The minimum atomic E-state index is -0.0603. The molecule has 0 saturated carbocycles. The molecule has 13 heavy (non-hydrogen) atoms. The Hall–Kier alpha value is -1.42. The lowest BCUT2D eigenvalue weighted by Crippen LogP contribution is -2.17. The normalized spacial score (nSPS) is 10.2. The van der Waals surface area contributed by atoms with Gasteiger partial charge in [0.05, 0.1) is 21.3 Å². The van der Waals surface area contributed by atoms with Crippen LogP contribution in [-0.4, -0.2) is 17.9 Å². The van der Waals surface area contributed by atoms with Gasteiger partial charge in [-0.25, -0.2) is 4.98 Å². The van der Waals surface area contributed by atoms with Crippen molar-refractivity contribution in [1.29, 1.82) is 0 Å². The van der Waals surface area contributed by atoms with Gasteiger partial charge in [-0.3, -0.25) is 4.79 Å². The summed E-state index contributed by atoms with van der Waals surface area (Å²) in [6, 6.07) is 5.55. The molecule has 1 amide bonds. The number of fused-ring (bicyclic) bond motifs is 1. The van der Waals surface area contributed by atoms with Gasteiger partial charge in [-0.05, 0) is 12.1 Å². The molecular weight excluding hydrogens is 184 g/mol. The van der Waals surface area contributed by atoms with E-state index in [1.165, 1.54) is 11.3 Å². The van der Waals surface area contributed by atoms with Gasteiger partial charge in [0.15, 0.2) is 0 Å². The quantitative estimate of drug-likeness (QED) is 0.746. The van der Waals surface area contributed by atoms with E-state index in [4.69, 9.17) is 0 Å². The number of aromatic nitrogens is 1. The third kappa shape index (κ3) is 1.29. The first-order valence-corrected chi connectivity index (χ1v) is 4.75. The topological polar surface area (TPSA) is 42.0 Å². The van der Waals surface area contributed by atoms with E-state index in [-0.39, 0.29) is 5.91 Å². The van der Waals surface area contributed by atoms with Gasteiger partial charge in [-0.1, -0.05) is 6.07 Å². The predicted molar refractivity (Wildman–Crippen MR) is 53.0 cm³/mol. The summed E-state index contributed by atoms with van der Waals surface area (Å²) in [5, 5.41) is 2.60. The molecule has 0 unspecified atom stereocenters. The van der Waals surface area contributed by atoms with Gasteiger partial charge < -0.3 is 5.32 Å². The summed E-state index contributed by atoms with van der Waals surface area (Å²) in [5.74, 6) is -0.0603. The molecule has 66 valence electrons. The van der Waals surface area contributed by atoms with E-state index in [1.807, 2.05) is 12.1 Å². The molecule has 1 aromatic carbocycles. The van der Waals surface area contributed by atoms with Crippen molar-refractivity contribution in [3.8, 4) is 0 Å². The molecule has 0 aliphatic heterocycles. The lowest BCUT2D eigenvalue weighted by molar-refractivity contribution is 0.0965. The highest BCUT2D eigenvalue weighted by Crippen LogP contribution is 2.21. The highest BCUT2D eigenvalue weighted by molar-refractivity contribution is 7.17. The molecule has 0 bridgehead atoms. The third-order valence-electron chi connectivity index (χ3n) is 1.83. The van der Waals surface area contributed by atoms with Crippen LogP contribution in [0.3, 0.4) is 0 Å². The van der Waals surface area contributed by atoms with E-state index < -0.39 is 0 Å². The number of amides is 1. The van der Waals surface area contributed by atoms with Crippen molar-refractivity contribution < 1.29 is 4.79 Å². The molecule has 0 fully saturated rings. The maximum absolute atomic E-state index is 11.4. The molecule has 2 aromatic rings. The molecule has 1 N–H and O–H groups in total. The Kier molecular flexibility index (Phi) is 1.98. The van der Waals surface area contributed by atoms with Gasteiger partial charge in [0.25, 0.3) is 5.91 Å². The zero-order valence-corrected chi connectivity index (χ0v) is 7.89. The van der Waals surface area contributed by atoms with E-state index in [2.05, 4.69) is 10.3 Å². The van der Waals surface area contributed by atoms with Gasteiger partial charge in [0.2, 0.25) is 0 Å². The number of rotatable bonds is 1. The van der Waals surface area contributed by atoms with Crippen LogP contribution in [0.4, 0.5) is 0 Å². The maximum atomic E-state index is 11.4. The Morgan fingerprint density at radius 3 is 3.15 bits per heavy atom. The van der Waals surface area contributed by atoms with Crippen molar-refractivity contribution in [2.24, 2.45) is 0 Å². The molecule has 0 aliphatic rings. The highest BCUT2D eigenvalue weighted by Gasteiger charge is 2.08. The minimum absolute atomic E-state index is 0.0603. The third-order valence-corrected chi connectivity index (χ3v) is 2.70. The van der Waals surface area contributed by atoms with Crippen LogP contribution in [0.25, 0.3) is 10.2 Å². The number of carbonyl (C=O) groups is 1.